The van der Waals surface area contributed by atoms with Crippen molar-refractivity contribution in [2.24, 2.45) is 0 Å². The molecule has 5 heteroatoms. The molecule has 0 heterocycles. The molecule has 0 aliphatic heterocycles. The van der Waals surface area contributed by atoms with Gasteiger partial charge in [0.2, 0.25) is 0 Å². The Balaban J connectivity index is 3.82. The lowest BCUT2D eigenvalue weighted by Crippen LogP contribution is -2.21. The maximum Gasteiger partial charge on any atom is 0.313 e. The van der Waals surface area contributed by atoms with Crippen LogP contribution in [0.25, 0.3) is 0 Å². The van der Waals surface area contributed by atoms with Gasteiger partial charge in [0.05, 0.1) is 0 Å². The minimum atomic E-state index is -3.11. The number of hydrogen-bond donors (Lipinski definition) is 0. The average Bonchev–Trinajstić information content (AvgIpc) is 1.62. The molecule has 0 saturated carbocycles. The zero-order valence-electron chi connectivity index (χ0n) is 3.95. The van der Waals surface area contributed by atoms with Gasteiger partial charge in [0.25, 0.3) is 5.05 Å². The largest absolute Gasteiger partial charge is 0.372 e. The molecular weight excluding hydrogens is 158 g/mol. The third-order valence-corrected chi connectivity index (χ3v) is 1.12. The Labute approximate surface area is 55.7 Å². The molecule has 0 aliphatic carbocycles. The van der Waals surface area contributed by atoms with E-state index in [-0.39, 0.29) is 0 Å². The van der Waals surface area contributed by atoms with Crippen LogP contribution in [0.4, 0.5) is 8.78 Å². The SMILES string of the molecule is CC(F)(F)C(=S)OCl. The third-order valence-electron chi connectivity index (χ3n) is 0.429. The highest BCUT2D eigenvalue weighted by atomic mass is 35.5. The molecule has 0 aliphatic rings. The summed E-state index contributed by atoms with van der Waals surface area (Å²) < 4.78 is 27.1. The van der Waals surface area contributed by atoms with Crippen molar-refractivity contribution >= 4 is 29.1 Å². The number of thiocarbonyl (C=S) groups is 1. The van der Waals surface area contributed by atoms with Crippen molar-refractivity contribution in [1.29, 1.82) is 0 Å². The van der Waals surface area contributed by atoms with E-state index in [0.29, 0.717) is 6.92 Å². The summed E-state index contributed by atoms with van der Waals surface area (Å²) in [4.78, 5) is 0. The summed E-state index contributed by atoms with van der Waals surface area (Å²) in [6, 6.07) is 0. The Morgan fingerprint density at radius 3 is 2.12 bits per heavy atom. The molecule has 0 bridgehead atoms. The first-order valence-electron chi connectivity index (χ1n) is 1.69. The van der Waals surface area contributed by atoms with E-state index in [0.717, 1.165) is 0 Å². The van der Waals surface area contributed by atoms with E-state index in [9.17, 15) is 8.78 Å². The van der Waals surface area contributed by atoms with E-state index in [4.69, 9.17) is 0 Å². The van der Waals surface area contributed by atoms with Crippen molar-refractivity contribution in [2.45, 2.75) is 12.8 Å². The fourth-order valence-electron chi connectivity index (χ4n) is 0.0677. The molecule has 0 spiro atoms. The van der Waals surface area contributed by atoms with Crippen molar-refractivity contribution in [1.82, 2.24) is 0 Å². The maximum atomic E-state index is 11.8. The molecule has 0 atom stereocenters. The van der Waals surface area contributed by atoms with Crippen molar-refractivity contribution in [3.8, 4) is 0 Å². The predicted octanol–water partition coefficient (Wildman–Crippen LogP) is 2.14. The van der Waals surface area contributed by atoms with Crippen LogP contribution >= 0.6 is 24.1 Å². The summed E-state index contributed by atoms with van der Waals surface area (Å²) in [6.07, 6.45) is 0. The number of hydrogen-bond acceptors (Lipinski definition) is 2. The van der Waals surface area contributed by atoms with Crippen LogP contribution in [-0.2, 0) is 4.29 Å². The molecule has 0 rings (SSSR count). The monoisotopic (exact) mass is 160 g/mol. The minimum Gasteiger partial charge on any atom is -0.372 e. The second kappa shape index (κ2) is 2.55. The highest BCUT2D eigenvalue weighted by Crippen LogP contribution is 2.15. The lowest BCUT2D eigenvalue weighted by molar-refractivity contribution is 0.0872. The standard InChI is InChI=1S/C3H3ClF2OS/c1-3(5,6)2(8)7-4/h1H3. The zero-order chi connectivity index (χ0) is 6.78. The van der Waals surface area contributed by atoms with Gasteiger partial charge in [-0.15, -0.1) is 0 Å². The first-order valence-corrected chi connectivity index (χ1v) is 2.41. The van der Waals surface area contributed by atoms with E-state index in [1.807, 2.05) is 0 Å². The van der Waals surface area contributed by atoms with Gasteiger partial charge in [0.15, 0.2) is 0 Å². The second-order valence-corrected chi connectivity index (χ2v) is 1.78. The van der Waals surface area contributed by atoms with Crippen LogP contribution in [0.3, 0.4) is 0 Å². The first kappa shape index (κ1) is 8.04. The topological polar surface area (TPSA) is 9.23 Å². The molecule has 0 unspecified atom stereocenters. The first-order chi connectivity index (χ1) is 3.48. The third kappa shape index (κ3) is 2.37. The highest BCUT2D eigenvalue weighted by molar-refractivity contribution is 7.80. The number of halogens is 3. The maximum absolute atomic E-state index is 11.8. The van der Waals surface area contributed by atoms with Gasteiger partial charge in [-0.1, -0.05) is 0 Å². The van der Waals surface area contributed by atoms with Gasteiger partial charge in [-0.2, -0.15) is 8.78 Å². The van der Waals surface area contributed by atoms with Crippen LogP contribution in [0.15, 0.2) is 0 Å². The lowest BCUT2D eigenvalue weighted by Gasteiger charge is -2.05. The molecule has 0 radical (unpaired) electrons. The Bertz CT molecular complexity index is 99.9. The summed E-state index contributed by atoms with van der Waals surface area (Å²) >= 11 is 8.50. The van der Waals surface area contributed by atoms with Gasteiger partial charge in [-0.3, -0.25) is 0 Å². The van der Waals surface area contributed by atoms with E-state index in [1.165, 1.54) is 0 Å². The second-order valence-electron chi connectivity index (χ2n) is 1.25. The molecule has 48 valence electrons. The molecular formula is C3H3ClF2OS. The van der Waals surface area contributed by atoms with Crippen LogP contribution in [0.2, 0.25) is 0 Å². The van der Waals surface area contributed by atoms with Crippen molar-refractivity contribution < 1.29 is 13.1 Å². The van der Waals surface area contributed by atoms with Crippen molar-refractivity contribution in [3.05, 3.63) is 0 Å². The summed E-state index contributed by atoms with van der Waals surface area (Å²) in [5.41, 5.74) is 0. The molecule has 0 saturated heterocycles. The zero-order valence-corrected chi connectivity index (χ0v) is 5.52. The Kier molecular flexibility index (Phi) is 2.56. The normalized spacial score (nSPS) is 11.0. The van der Waals surface area contributed by atoms with Gasteiger partial charge in [0.1, 0.15) is 11.9 Å². The summed E-state index contributed by atoms with van der Waals surface area (Å²) in [6.45, 7) is 0.609. The van der Waals surface area contributed by atoms with Gasteiger partial charge in [0, 0.05) is 6.92 Å². The van der Waals surface area contributed by atoms with Crippen LogP contribution < -0.4 is 0 Å². The van der Waals surface area contributed by atoms with Gasteiger partial charge in [-0.05, 0) is 12.2 Å². The fraction of sp³-hybridized carbons (Fsp3) is 0.667. The van der Waals surface area contributed by atoms with Gasteiger partial charge in [-0.25, -0.2) is 0 Å². The summed E-state index contributed by atoms with van der Waals surface area (Å²) in [5, 5.41) is -0.904. The molecule has 0 aromatic rings. The smallest absolute Gasteiger partial charge is 0.313 e. The van der Waals surface area contributed by atoms with Crippen LogP contribution in [-0.4, -0.2) is 11.0 Å². The van der Waals surface area contributed by atoms with Crippen LogP contribution in [0.5, 0.6) is 0 Å². The van der Waals surface area contributed by atoms with E-state index < -0.39 is 11.0 Å². The number of rotatable bonds is 1. The quantitative estimate of drug-likeness (QED) is 0.544. The molecule has 0 N–H and O–H groups in total. The van der Waals surface area contributed by atoms with Crippen molar-refractivity contribution in [2.75, 3.05) is 0 Å². The molecule has 0 aromatic carbocycles. The van der Waals surface area contributed by atoms with E-state index in [2.05, 4.69) is 28.4 Å². The predicted molar refractivity (Wildman–Crippen MR) is 30.2 cm³/mol. The Hall–Kier alpha value is 0.0400. The summed E-state index contributed by atoms with van der Waals surface area (Å²) in [5.74, 6) is -3.11. The van der Waals surface area contributed by atoms with Gasteiger partial charge < -0.3 is 4.29 Å². The van der Waals surface area contributed by atoms with E-state index in [1.54, 1.807) is 0 Å². The van der Waals surface area contributed by atoms with E-state index >= 15 is 0 Å². The highest BCUT2D eigenvalue weighted by Gasteiger charge is 2.29. The minimum absolute atomic E-state index is 0.609. The van der Waals surface area contributed by atoms with Crippen LogP contribution in [0, 0.1) is 0 Å². The summed E-state index contributed by atoms with van der Waals surface area (Å²) in [7, 11) is 0. The van der Waals surface area contributed by atoms with Crippen LogP contribution in [0.1, 0.15) is 6.92 Å². The fourth-order valence-corrected chi connectivity index (χ4v) is 0.203. The lowest BCUT2D eigenvalue weighted by atomic mass is 10.4. The Morgan fingerprint density at radius 1 is 1.75 bits per heavy atom. The Morgan fingerprint density at radius 2 is 2.12 bits per heavy atom. The average molecular weight is 161 g/mol. The van der Waals surface area contributed by atoms with Crippen molar-refractivity contribution in [3.63, 3.8) is 0 Å². The molecule has 0 fully saturated rings. The van der Waals surface area contributed by atoms with Gasteiger partial charge >= 0.3 is 5.92 Å². The molecule has 0 amide bonds. The molecule has 8 heavy (non-hydrogen) atoms. The number of alkyl halides is 2. The molecule has 0 aromatic heterocycles. The molecule has 1 nitrogen and oxygen atoms in total.